The molecule has 0 spiro atoms. The van der Waals surface area contributed by atoms with Crippen molar-refractivity contribution in [2.24, 2.45) is 0 Å². The second-order valence-electron chi connectivity index (χ2n) is 0.539. The molecule has 0 aliphatic heterocycles. The zero-order chi connectivity index (χ0) is 4.12. The Bertz CT molecular complexity index is 15.1. The molecule has 0 aliphatic carbocycles. The third-order valence-corrected chi connectivity index (χ3v) is 1.06. The van der Waals surface area contributed by atoms with Crippen molar-refractivity contribution in [3.05, 3.63) is 0 Å². The molecule has 0 heterocycles. The van der Waals surface area contributed by atoms with E-state index in [4.69, 9.17) is 0 Å². The minimum atomic E-state index is 0.938. The van der Waals surface area contributed by atoms with Crippen LogP contribution in [0.25, 0.3) is 0 Å². The maximum atomic E-state index is 3.00. The van der Waals surface area contributed by atoms with Crippen molar-refractivity contribution < 1.29 is 0 Å². The van der Waals surface area contributed by atoms with Crippen LogP contribution in [0.1, 0.15) is 0 Å². The summed E-state index contributed by atoms with van der Waals surface area (Å²) in [4.78, 5) is 0. The van der Waals surface area contributed by atoms with Crippen LogP contribution in [-0.4, -0.2) is 42.9 Å². The molecule has 0 saturated carbocycles. The fourth-order valence-corrected chi connectivity index (χ4v) is 1.12. The van der Waals surface area contributed by atoms with Crippen LogP contribution >= 0.6 is 0 Å². The van der Waals surface area contributed by atoms with Gasteiger partial charge in [0.2, 0.25) is 0 Å². The summed E-state index contributed by atoms with van der Waals surface area (Å²) >= 11 is 5.62. The molecule has 0 bridgehead atoms. The number of hydrogen-bond donors (Lipinski definition) is 1. The second kappa shape index (κ2) is 5.00. The van der Waals surface area contributed by atoms with Gasteiger partial charge in [-0.2, -0.15) is 0 Å². The monoisotopic (exact) mass is 203 g/mol. The quantitative estimate of drug-likeness (QED) is 0.555. The molecular weight excluding hydrogens is 196 g/mol. The van der Waals surface area contributed by atoms with Gasteiger partial charge < -0.3 is 0 Å². The number of nitrogens with one attached hydrogen (secondary N) is 1. The van der Waals surface area contributed by atoms with Crippen LogP contribution in [0.5, 0.6) is 0 Å². The van der Waals surface area contributed by atoms with Gasteiger partial charge in [-0.25, -0.2) is 0 Å². The van der Waals surface area contributed by atoms with Crippen molar-refractivity contribution >= 4 is 32.0 Å². The Morgan fingerprint density at radius 1 is 1.20 bits per heavy atom. The third kappa shape index (κ3) is 5.00. The molecular formula is C2H5NSe2. The first-order valence-electron chi connectivity index (χ1n) is 1.28. The minimum absolute atomic E-state index is 0.938. The van der Waals surface area contributed by atoms with Gasteiger partial charge in [0.1, 0.15) is 0 Å². The van der Waals surface area contributed by atoms with Gasteiger partial charge in [0.15, 0.2) is 0 Å². The van der Waals surface area contributed by atoms with Crippen LogP contribution in [0.2, 0.25) is 0 Å². The summed E-state index contributed by atoms with van der Waals surface area (Å²) in [5.41, 5.74) is 1.88. The van der Waals surface area contributed by atoms with Crippen LogP contribution in [-0.2, 0) is 0 Å². The summed E-state index contributed by atoms with van der Waals surface area (Å²) in [6, 6.07) is 0. The normalized spacial score (nSPS) is 8.40. The fourth-order valence-electron chi connectivity index (χ4n) is 0.0417. The molecule has 0 atom stereocenters. The standard InChI is InChI=1S/C2H5NSe2/c4-1-3-2-5/h3H,1-2H2. The van der Waals surface area contributed by atoms with Crippen molar-refractivity contribution in [2.45, 2.75) is 0 Å². The summed E-state index contributed by atoms with van der Waals surface area (Å²) in [7, 11) is 0. The van der Waals surface area contributed by atoms with Gasteiger partial charge in [0.25, 0.3) is 0 Å². The second-order valence-corrected chi connectivity index (χ2v) is 1.75. The molecule has 1 N–H and O–H groups in total. The Morgan fingerprint density at radius 2 is 1.60 bits per heavy atom. The molecule has 0 rings (SSSR count). The fraction of sp³-hybridized carbons (Fsp3) is 1.00. The first-order valence-corrected chi connectivity index (χ1v) is 3.71. The zero-order valence-electron chi connectivity index (χ0n) is 2.73. The van der Waals surface area contributed by atoms with Crippen LogP contribution in [0, 0.1) is 0 Å². The first kappa shape index (κ1) is 6.00. The summed E-state index contributed by atoms with van der Waals surface area (Å²) in [6.45, 7) is 0. The Morgan fingerprint density at radius 3 is 1.60 bits per heavy atom. The Balaban J connectivity index is 2.19. The molecule has 0 aromatic carbocycles. The van der Waals surface area contributed by atoms with Gasteiger partial charge in [-0.3, -0.25) is 0 Å². The zero-order valence-corrected chi connectivity index (χ0v) is 6.16. The van der Waals surface area contributed by atoms with E-state index in [0.29, 0.717) is 0 Å². The maximum absolute atomic E-state index is 3.00. The van der Waals surface area contributed by atoms with E-state index < -0.39 is 0 Å². The van der Waals surface area contributed by atoms with Crippen LogP contribution in [0.3, 0.4) is 0 Å². The topological polar surface area (TPSA) is 12.0 Å². The summed E-state index contributed by atoms with van der Waals surface area (Å²) in [6.07, 6.45) is 0. The van der Waals surface area contributed by atoms with Gasteiger partial charge in [-0.1, -0.05) is 0 Å². The molecule has 2 radical (unpaired) electrons. The SMILES string of the molecule is [Se]CNC[Se]. The van der Waals surface area contributed by atoms with Crippen LogP contribution in [0.15, 0.2) is 0 Å². The van der Waals surface area contributed by atoms with E-state index in [-0.39, 0.29) is 0 Å². The predicted octanol–water partition coefficient (Wildman–Crippen LogP) is -1.17. The van der Waals surface area contributed by atoms with E-state index >= 15 is 0 Å². The van der Waals surface area contributed by atoms with Crippen molar-refractivity contribution in [1.29, 1.82) is 0 Å². The molecule has 30 valence electrons. The van der Waals surface area contributed by atoms with E-state index in [0.717, 1.165) is 10.9 Å². The van der Waals surface area contributed by atoms with Crippen molar-refractivity contribution in [3.8, 4) is 0 Å². The molecule has 0 unspecified atom stereocenters. The summed E-state index contributed by atoms with van der Waals surface area (Å²) < 4.78 is 0. The molecule has 3 heteroatoms. The van der Waals surface area contributed by atoms with Gasteiger partial charge in [-0.15, -0.1) is 0 Å². The predicted molar refractivity (Wildman–Crippen MR) is 24.4 cm³/mol. The molecule has 0 saturated heterocycles. The van der Waals surface area contributed by atoms with E-state index in [1.807, 2.05) is 0 Å². The van der Waals surface area contributed by atoms with E-state index in [9.17, 15) is 0 Å². The number of rotatable bonds is 2. The van der Waals surface area contributed by atoms with Gasteiger partial charge in [0.05, 0.1) is 0 Å². The summed E-state index contributed by atoms with van der Waals surface area (Å²) in [5, 5.41) is 3.00. The number of hydrogen-bond acceptors (Lipinski definition) is 1. The van der Waals surface area contributed by atoms with E-state index in [1.54, 1.807) is 0 Å². The molecule has 5 heavy (non-hydrogen) atoms. The van der Waals surface area contributed by atoms with Crippen molar-refractivity contribution in [2.75, 3.05) is 10.9 Å². The van der Waals surface area contributed by atoms with Gasteiger partial charge in [0, 0.05) is 0 Å². The van der Waals surface area contributed by atoms with E-state index in [1.165, 1.54) is 0 Å². The van der Waals surface area contributed by atoms with Crippen molar-refractivity contribution in [1.82, 2.24) is 5.32 Å². The molecule has 0 aromatic heterocycles. The van der Waals surface area contributed by atoms with Crippen LogP contribution in [0.4, 0.5) is 0 Å². The Hall–Kier alpha value is 0.999. The van der Waals surface area contributed by atoms with Gasteiger partial charge in [-0.05, 0) is 0 Å². The van der Waals surface area contributed by atoms with Gasteiger partial charge >= 0.3 is 48.2 Å². The molecule has 0 fully saturated rings. The molecule has 0 amide bonds. The average Bonchev–Trinajstić information content (AvgIpc) is 1.41. The third-order valence-electron chi connectivity index (χ3n) is 0.204. The molecule has 0 aliphatic rings. The first-order chi connectivity index (χ1) is 2.41. The van der Waals surface area contributed by atoms with Crippen molar-refractivity contribution in [3.63, 3.8) is 0 Å². The molecule has 1 nitrogen and oxygen atoms in total. The van der Waals surface area contributed by atoms with Crippen LogP contribution < -0.4 is 5.32 Å². The average molecular weight is 201 g/mol. The Kier molecular flexibility index (Phi) is 6.00. The summed E-state index contributed by atoms with van der Waals surface area (Å²) in [5.74, 6) is 0. The molecule has 0 aromatic rings. The Labute approximate surface area is 48.5 Å². The van der Waals surface area contributed by atoms with E-state index in [2.05, 4.69) is 37.3 Å².